The van der Waals surface area contributed by atoms with Gasteiger partial charge in [-0.05, 0) is 47.2 Å². The van der Waals surface area contributed by atoms with Gasteiger partial charge >= 0.3 is 0 Å². The third-order valence-corrected chi connectivity index (χ3v) is 4.14. The molecule has 0 fully saturated rings. The van der Waals surface area contributed by atoms with Gasteiger partial charge in [-0.2, -0.15) is 5.26 Å². The molecule has 0 atom stereocenters. The minimum absolute atomic E-state index is 0.0443. The number of amides is 1. The molecule has 0 aliphatic heterocycles. The Hall–Kier alpha value is -2.57. The highest BCUT2D eigenvalue weighted by Gasteiger charge is 2.14. The van der Waals surface area contributed by atoms with Crippen molar-refractivity contribution in [3.8, 4) is 6.07 Å². The van der Waals surface area contributed by atoms with Crippen molar-refractivity contribution >= 4 is 29.3 Å². The largest absolute Gasteiger partial charge is 0.321 e. The summed E-state index contributed by atoms with van der Waals surface area (Å²) < 4.78 is 0. The highest BCUT2D eigenvalue weighted by atomic mass is 35.5. The van der Waals surface area contributed by atoms with Gasteiger partial charge in [0.05, 0.1) is 0 Å². The molecule has 1 N–H and O–H groups in total. The highest BCUT2D eigenvalue weighted by Crippen LogP contribution is 2.23. The van der Waals surface area contributed by atoms with Crippen LogP contribution in [0.1, 0.15) is 37.5 Å². The molecule has 0 saturated heterocycles. The number of nitriles is 1. The van der Waals surface area contributed by atoms with Crippen molar-refractivity contribution in [2.75, 3.05) is 5.32 Å². The summed E-state index contributed by atoms with van der Waals surface area (Å²) in [5, 5.41) is 12.6. The van der Waals surface area contributed by atoms with Crippen molar-refractivity contribution < 1.29 is 4.79 Å². The molecule has 0 unspecified atom stereocenters. The van der Waals surface area contributed by atoms with E-state index >= 15 is 0 Å². The third-order valence-electron chi connectivity index (χ3n) is 3.90. The number of nitrogens with zero attached hydrogens (tertiary/aromatic N) is 1. The number of rotatable bonds is 3. The van der Waals surface area contributed by atoms with Crippen LogP contribution >= 0.6 is 11.6 Å². The Bertz CT molecular complexity index is 853. The summed E-state index contributed by atoms with van der Waals surface area (Å²) in [6.07, 6.45) is 1.58. The average Bonchev–Trinajstić information content (AvgIpc) is 2.55. The monoisotopic (exact) mass is 352 g/mol. The van der Waals surface area contributed by atoms with Crippen LogP contribution in [-0.2, 0) is 10.2 Å². The molecule has 2 aromatic carbocycles. The molecule has 4 heteroatoms. The number of hydrogen-bond donors (Lipinski definition) is 1. The van der Waals surface area contributed by atoms with Gasteiger partial charge in [0.2, 0.25) is 0 Å². The minimum Gasteiger partial charge on any atom is -0.321 e. The fourth-order valence-electron chi connectivity index (χ4n) is 2.31. The number of carbonyl (C=O) groups is 1. The number of halogens is 1. The van der Waals surface area contributed by atoms with E-state index in [1.165, 1.54) is 5.56 Å². The molecule has 0 heterocycles. The fraction of sp³-hybridized carbons (Fsp3) is 0.238. The smallest absolute Gasteiger partial charge is 0.266 e. The van der Waals surface area contributed by atoms with Crippen molar-refractivity contribution in [1.82, 2.24) is 0 Å². The van der Waals surface area contributed by atoms with Crippen LogP contribution in [0, 0.1) is 18.3 Å². The first-order valence-corrected chi connectivity index (χ1v) is 8.38. The SMILES string of the molecule is Cc1ccc(Cl)cc1NC(=O)/C(C#N)=C/c1ccc(C(C)(C)C)cc1. The molecule has 128 valence electrons. The Morgan fingerprint density at radius 1 is 1.16 bits per heavy atom. The number of carbonyl (C=O) groups excluding carboxylic acids is 1. The molecule has 2 aromatic rings. The average molecular weight is 353 g/mol. The van der Waals surface area contributed by atoms with E-state index in [1.807, 2.05) is 43.3 Å². The second kappa shape index (κ2) is 7.55. The lowest BCUT2D eigenvalue weighted by Gasteiger charge is -2.18. The highest BCUT2D eigenvalue weighted by molar-refractivity contribution is 6.31. The zero-order valence-corrected chi connectivity index (χ0v) is 15.6. The Morgan fingerprint density at radius 2 is 1.80 bits per heavy atom. The second-order valence-corrected chi connectivity index (χ2v) is 7.39. The van der Waals surface area contributed by atoms with Gasteiger partial charge in [-0.1, -0.05) is 62.7 Å². The molecule has 0 bridgehead atoms. The number of hydrogen-bond acceptors (Lipinski definition) is 2. The lowest BCUT2D eigenvalue weighted by molar-refractivity contribution is -0.112. The molecule has 2 rings (SSSR count). The molecule has 0 aliphatic carbocycles. The quantitative estimate of drug-likeness (QED) is 0.586. The van der Waals surface area contributed by atoms with E-state index in [0.29, 0.717) is 10.7 Å². The van der Waals surface area contributed by atoms with Gasteiger partial charge in [0.15, 0.2) is 0 Å². The molecule has 0 saturated carbocycles. The van der Waals surface area contributed by atoms with Crippen LogP contribution in [0.15, 0.2) is 48.0 Å². The summed E-state index contributed by atoms with van der Waals surface area (Å²) in [4.78, 5) is 12.4. The predicted molar refractivity (Wildman–Crippen MR) is 104 cm³/mol. The van der Waals surface area contributed by atoms with E-state index in [1.54, 1.807) is 18.2 Å². The summed E-state index contributed by atoms with van der Waals surface area (Å²) in [6, 6.07) is 15.1. The molecule has 0 aromatic heterocycles. The van der Waals surface area contributed by atoms with Crippen LogP contribution in [-0.4, -0.2) is 5.91 Å². The molecule has 25 heavy (non-hydrogen) atoms. The number of anilines is 1. The molecular weight excluding hydrogens is 332 g/mol. The maximum atomic E-state index is 12.4. The molecule has 0 spiro atoms. The number of nitrogens with one attached hydrogen (secondary N) is 1. The van der Waals surface area contributed by atoms with E-state index in [9.17, 15) is 10.1 Å². The summed E-state index contributed by atoms with van der Waals surface area (Å²) >= 11 is 5.96. The van der Waals surface area contributed by atoms with Crippen LogP contribution in [0.5, 0.6) is 0 Å². The first-order chi connectivity index (χ1) is 11.7. The van der Waals surface area contributed by atoms with Crippen molar-refractivity contribution in [1.29, 1.82) is 5.26 Å². The Labute approximate surface area is 153 Å². The summed E-state index contributed by atoms with van der Waals surface area (Å²) in [5.74, 6) is -0.451. The zero-order chi connectivity index (χ0) is 18.6. The maximum absolute atomic E-state index is 12.4. The Balaban J connectivity index is 2.23. The third kappa shape index (κ3) is 4.95. The molecule has 1 amide bonds. The van der Waals surface area contributed by atoms with Crippen molar-refractivity contribution in [3.63, 3.8) is 0 Å². The second-order valence-electron chi connectivity index (χ2n) is 6.96. The van der Waals surface area contributed by atoms with Crippen molar-refractivity contribution in [2.24, 2.45) is 0 Å². The van der Waals surface area contributed by atoms with E-state index in [-0.39, 0.29) is 11.0 Å². The van der Waals surface area contributed by atoms with E-state index < -0.39 is 5.91 Å². The van der Waals surface area contributed by atoms with Gasteiger partial charge in [-0.25, -0.2) is 0 Å². The van der Waals surface area contributed by atoms with E-state index in [4.69, 9.17) is 11.6 Å². The topological polar surface area (TPSA) is 52.9 Å². The molecular formula is C21H21ClN2O. The Kier molecular flexibility index (Phi) is 5.66. The first kappa shape index (κ1) is 18.8. The van der Waals surface area contributed by atoms with Gasteiger partial charge in [0, 0.05) is 10.7 Å². The summed E-state index contributed by atoms with van der Waals surface area (Å²) in [6.45, 7) is 8.28. The van der Waals surface area contributed by atoms with Crippen LogP contribution in [0.3, 0.4) is 0 Å². The summed E-state index contributed by atoms with van der Waals surface area (Å²) in [7, 11) is 0. The Morgan fingerprint density at radius 3 is 2.36 bits per heavy atom. The first-order valence-electron chi connectivity index (χ1n) is 8.00. The zero-order valence-electron chi connectivity index (χ0n) is 14.9. The van der Waals surface area contributed by atoms with E-state index in [0.717, 1.165) is 11.1 Å². The van der Waals surface area contributed by atoms with Crippen molar-refractivity contribution in [2.45, 2.75) is 33.1 Å². The van der Waals surface area contributed by atoms with Crippen LogP contribution < -0.4 is 5.32 Å². The molecule has 3 nitrogen and oxygen atoms in total. The van der Waals surface area contributed by atoms with Gasteiger partial charge in [-0.15, -0.1) is 0 Å². The van der Waals surface area contributed by atoms with Gasteiger partial charge in [0.1, 0.15) is 11.6 Å². The minimum atomic E-state index is -0.451. The standard InChI is InChI=1S/C21H21ClN2O/c1-14-5-10-18(22)12-19(14)24-20(25)16(13-23)11-15-6-8-17(9-7-15)21(2,3)4/h5-12H,1-4H3,(H,24,25)/b16-11+. The fourth-order valence-corrected chi connectivity index (χ4v) is 2.49. The van der Waals surface area contributed by atoms with Gasteiger partial charge < -0.3 is 5.32 Å². The number of benzene rings is 2. The normalized spacial score (nSPS) is 11.8. The number of aryl methyl sites for hydroxylation is 1. The van der Waals surface area contributed by atoms with Gasteiger partial charge in [-0.3, -0.25) is 4.79 Å². The summed E-state index contributed by atoms with van der Waals surface area (Å²) in [5.41, 5.74) is 3.58. The predicted octanol–water partition coefficient (Wildman–Crippen LogP) is 5.49. The molecule has 0 radical (unpaired) electrons. The van der Waals surface area contributed by atoms with Crippen LogP contribution in [0.4, 0.5) is 5.69 Å². The lowest BCUT2D eigenvalue weighted by Crippen LogP contribution is -2.14. The molecule has 0 aliphatic rings. The van der Waals surface area contributed by atoms with E-state index in [2.05, 4.69) is 26.1 Å². The van der Waals surface area contributed by atoms with Crippen molar-refractivity contribution in [3.05, 3.63) is 69.8 Å². The van der Waals surface area contributed by atoms with Crippen LogP contribution in [0.25, 0.3) is 6.08 Å². The van der Waals surface area contributed by atoms with Gasteiger partial charge in [0.25, 0.3) is 5.91 Å². The van der Waals surface area contributed by atoms with Crippen LogP contribution in [0.2, 0.25) is 5.02 Å². The lowest BCUT2D eigenvalue weighted by atomic mass is 9.86. The maximum Gasteiger partial charge on any atom is 0.266 e.